The molecule has 3 unspecified atom stereocenters. The number of hydrogen-bond donors (Lipinski definition) is 1. The quantitative estimate of drug-likeness (QED) is 0.545. The molecule has 1 aromatic heterocycles. The van der Waals surface area contributed by atoms with Crippen LogP contribution in [0.5, 0.6) is 0 Å². The standard InChI is InChI=1S/C22H36N4O3S/c1-3-23-22(26-10-14-29-20(16-26)19-5-4-11-28-19)24-15-18(21-7-6-17(2)30-21)25-8-12-27-13-9-25/h6-7,18-20H,3-5,8-16H2,1-2H3,(H,23,24). The maximum absolute atomic E-state index is 6.04. The smallest absolute Gasteiger partial charge is 0.194 e. The molecule has 0 radical (unpaired) electrons. The summed E-state index contributed by atoms with van der Waals surface area (Å²) in [4.78, 5) is 12.7. The number of guanidine groups is 1. The van der Waals surface area contributed by atoms with Crippen LogP contribution in [0.15, 0.2) is 17.1 Å². The lowest BCUT2D eigenvalue weighted by atomic mass is 10.1. The Morgan fingerprint density at radius 2 is 2.00 bits per heavy atom. The second-order valence-corrected chi connectivity index (χ2v) is 9.53. The van der Waals surface area contributed by atoms with Crippen molar-refractivity contribution in [1.29, 1.82) is 0 Å². The molecule has 0 aromatic carbocycles. The fourth-order valence-corrected chi connectivity index (χ4v) is 5.50. The third-order valence-electron chi connectivity index (χ3n) is 6.10. The molecule has 1 N–H and O–H groups in total. The minimum Gasteiger partial charge on any atom is -0.379 e. The monoisotopic (exact) mass is 436 g/mol. The van der Waals surface area contributed by atoms with Gasteiger partial charge in [0.05, 0.1) is 38.5 Å². The van der Waals surface area contributed by atoms with Gasteiger partial charge >= 0.3 is 0 Å². The minimum atomic E-state index is 0.139. The van der Waals surface area contributed by atoms with E-state index in [1.54, 1.807) is 0 Å². The Hall–Kier alpha value is -1.19. The fraction of sp³-hybridized carbons (Fsp3) is 0.773. The van der Waals surface area contributed by atoms with Crippen LogP contribution < -0.4 is 5.32 Å². The number of nitrogens with zero attached hydrogens (tertiary/aromatic N) is 3. The third-order valence-corrected chi connectivity index (χ3v) is 7.20. The summed E-state index contributed by atoms with van der Waals surface area (Å²) in [6.45, 7) is 12.8. The van der Waals surface area contributed by atoms with Crippen molar-refractivity contribution in [3.63, 3.8) is 0 Å². The highest BCUT2D eigenvalue weighted by Crippen LogP contribution is 2.29. The van der Waals surface area contributed by atoms with Crippen LogP contribution in [0.2, 0.25) is 0 Å². The molecule has 3 saturated heterocycles. The highest BCUT2D eigenvalue weighted by atomic mass is 32.1. The Morgan fingerprint density at radius 1 is 1.17 bits per heavy atom. The van der Waals surface area contributed by atoms with Gasteiger partial charge in [0.1, 0.15) is 6.10 Å². The van der Waals surface area contributed by atoms with E-state index in [-0.39, 0.29) is 12.2 Å². The summed E-state index contributed by atoms with van der Waals surface area (Å²) in [7, 11) is 0. The molecule has 0 bridgehead atoms. The highest BCUT2D eigenvalue weighted by Gasteiger charge is 2.32. The zero-order valence-corrected chi connectivity index (χ0v) is 19.2. The zero-order chi connectivity index (χ0) is 20.8. The van der Waals surface area contributed by atoms with Gasteiger partial charge in [0.25, 0.3) is 0 Å². The molecule has 3 atom stereocenters. The topological polar surface area (TPSA) is 58.6 Å². The summed E-state index contributed by atoms with van der Waals surface area (Å²) >= 11 is 1.89. The average molecular weight is 437 g/mol. The van der Waals surface area contributed by atoms with Crippen molar-refractivity contribution in [2.45, 2.75) is 44.9 Å². The van der Waals surface area contributed by atoms with Crippen molar-refractivity contribution in [3.8, 4) is 0 Å². The third kappa shape index (κ3) is 5.53. The predicted molar refractivity (Wildman–Crippen MR) is 120 cm³/mol. The van der Waals surface area contributed by atoms with Crippen molar-refractivity contribution >= 4 is 17.3 Å². The summed E-state index contributed by atoms with van der Waals surface area (Å²) in [5.74, 6) is 0.996. The first-order valence-electron chi connectivity index (χ1n) is 11.4. The van der Waals surface area contributed by atoms with Crippen LogP contribution in [-0.4, -0.2) is 93.7 Å². The van der Waals surface area contributed by atoms with Gasteiger partial charge in [-0.2, -0.15) is 0 Å². The van der Waals surface area contributed by atoms with E-state index >= 15 is 0 Å². The number of hydrogen-bond acceptors (Lipinski definition) is 6. The number of morpholine rings is 2. The zero-order valence-electron chi connectivity index (χ0n) is 18.3. The second-order valence-electron chi connectivity index (χ2n) is 8.21. The lowest BCUT2D eigenvalue weighted by molar-refractivity contribution is -0.0817. The Morgan fingerprint density at radius 3 is 2.70 bits per heavy atom. The largest absolute Gasteiger partial charge is 0.379 e. The van der Waals surface area contributed by atoms with Gasteiger partial charge in [-0.3, -0.25) is 9.89 Å². The SMILES string of the molecule is CCNC(=NCC(c1ccc(C)s1)N1CCOCC1)N1CCOC(C2CCCO2)C1. The summed E-state index contributed by atoms with van der Waals surface area (Å²) in [5.41, 5.74) is 0. The Balaban J connectivity index is 1.47. The first-order valence-corrected chi connectivity index (χ1v) is 12.2. The van der Waals surface area contributed by atoms with Gasteiger partial charge in [0, 0.05) is 49.1 Å². The van der Waals surface area contributed by atoms with E-state index in [1.807, 2.05) is 11.3 Å². The Kier molecular flexibility index (Phi) is 8.01. The van der Waals surface area contributed by atoms with Gasteiger partial charge in [0.15, 0.2) is 5.96 Å². The molecule has 1 aromatic rings. The van der Waals surface area contributed by atoms with E-state index in [9.17, 15) is 0 Å². The van der Waals surface area contributed by atoms with Gasteiger partial charge in [-0.15, -0.1) is 11.3 Å². The van der Waals surface area contributed by atoms with E-state index in [4.69, 9.17) is 19.2 Å². The van der Waals surface area contributed by atoms with Crippen molar-refractivity contribution in [3.05, 3.63) is 21.9 Å². The molecule has 0 spiro atoms. The molecular formula is C22H36N4O3S. The summed E-state index contributed by atoms with van der Waals surface area (Å²) in [6.07, 6.45) is 2.61. The van der Waals surface area contributed by atoms with E-state index < -0.39 is 0 Å². The predicted octanol–water partition coefficient (Wildman–Crippen LogP) is 2.28. The van der Waals surface area contributed by atoms with Crippen molar-refractivity contribution in [2.24, 2.45) is 4.99 Å². The van der Waals surface area contributed by atoms with Crippen LogP contribution in [0, 0.1) is 6.92 Å². The maximum atomic E-state index is 6.04. The molecule has 3 aliphatic heterocycles. The molecule has 7 nitrogen and oxygen atoms in total. The number of aliphatic imine (C=N–C) groups is 1. The van der Waals surface area contributed by atoms with Crippen molar-refractivity contribution < 1.29 is 14.2 Å². The number of ether oxygens (including phenoxy) is 3. The van der Waals surface area contributed by atoms with E-state index in [1.165, 1.54) is 9.75 Å². The molecule has 30 heavy (non-hydrogen) atoms. The molecule has 168 valence electrons. The molecule has 0 aliphatic carbocycles. The van der Waals surface area contributed by atoms with Crippen molar-refractivity contribution in [2.75, 3.05) is 65.7 Å². The maximum Gasteiger partial charge on any atom is 0.194 e. The van der Waals surface area contributed by atoms with Gasteiger partial charge in [-0.25, -0.2) is 0 Å². The van der Waals surface area contributed by atoms with Crippen LogP contribution in [-0.2, 0) is 14.2 Å². The van der Waals surface area contributed by atoms with Crippen LogP contribution in [0.25, 0.3) is 0 Å². The minimum absolute atomic E-state index is 0.139. The number of thiophene rings is 1. The van der Waals surface area contributed by atoms with E-state index in [0.29, 0.717) is 6.04 Å². The first-order chi connectivity index (χ1) is 14.7. The van der Waals surface area contributed by atoms with Crippen LogP contribution in [0.4, 0.5) is 0 Å². The fourth-order valence-electron chi connectivity index (χ4n) is 4.49. The summed E-state index contributed by atoms with van der Waals surface area (Å²) in [6, 6.07) is 4.79. The van der Waals surface area contributed by atoms with Crippen LogP contribution in [0.3, 0.4) is 0 Å². The normalized spacial score (nSPS) is 27.4. The average Bonchev–Trinajstić information content (AvgIpc) is 3.46. The summed E-state index contributed by atoms with van der Waals surface area (Å²) in [5, 5.41) is 3.52. The molecule has 4 heterocycles. The van der Waals surface area contributed by atoms with Crippen LogP contribution in [0.1, 0.15) is 35.6 Å². The van der Waals surface area contributed by atoms with Gasteiger partial charge in [-0.05, 0) is 38.8 Å². The molecule has 3 fully saturated rings. The number of rotatable bonds is 6. The molecule has 0 amide bonds. The Bertz CT molecular complexity index is 686. The van der Waals surface area contributed by atoms with Crippen LogP contribution >= 0.6 is 11.3 Å². The number of nitrogens with one attached hydrogen (secondary N) is 1. The first kappa shape index (κ1) is 22.0. The van der Waals surface area contributed by atoms with Gasteiger partial charge in [-0.1, -0.05) is 0 Å². The molecule has 0 saturated carbocycles. The number of aryl methyl sites for hydroxylation is 1. The lowest BCUT2D eigenvalue weighted by Gasteiger charge is -2.37. The second kappa shape index (κ2) is 10.9. The molecule has 8 heteroatoms. The Labute approximate surface area is 184 Å². The summed E-state index contributed by atoms with van der Waals surface area (Å²) < 4.78 is 17.5. The molecule has 4 rings (SSSR count). The van der Waals surface area contributed by atoms with E-state index in [2.05, 4.69) is 41.1 Å². The lowest BCUT2D eigenvalue weighted by Crippen LogP contribution is -2.53. The van der Waals surface area contributed by atoms with E-state index in [0.717, 1.165) is 84.5 Å². The molecular weight excluding hydrogens is 400 g/mol. The van der Waals surface area contributed by atoms with Crippen molar-refractivity contribution in [1.82, 2.24) is 15.1 Å². The van der Waals surface area contributed by atoms with Gasteiger partial charge in [0.2, 0.25) is 0 Å². The van der Waals surface area contributed by atoms with Gasteiger partial charge < -0.3 is 24.4 Å². The highest BCUT2D eigenvalue weighted by molar-refractivity contribution is 7.12. The molecule has 3 aliphatic rings.